The summed E-state index contributed by atoms with van der Waals surface area (Å²) in [5.41, 5.74) is 0.439. The summed E-state index contributed by atoms with van der Waals surface area (Å²) in [5.74, 6) is 1.21. The highest BCUT2D eigenvalue weighted by Gasteiger charge is 2.19. The number of hydrogen-bond donors (Lipinski definition) is 1. The van der Waals surface area contributed by atoms with Crippen molar-refractivity contribution in [1.29, 1.82) is 0 Å². The Labute approximate surface area is 140 Å². The molecule has 0 amide bonds. The molecule has 0 radical (unpaired) electrons. The topological polar surface area (TPSA) is 64.6 Å². The molecule has 0 aliphatic carbocycles. The van der Waals surface area contributed by atoms with Gasteiger partial charge in [0.2, 0.25) is 0 Å². The second kappa shape index (κ2) is 6.41. The molecule has 0 aromatic heterocycles. The molecule has 6 heteroatoms. The normalized spacial score (nSPS) is 11.2. The molecule has 0 saturated carbocycles. The van der Waals surface area contributed by atoms with E-state index in [9.17, 15) is 8.42 Å². The van der Waals surface area contributed by atoms with Gasteiger partial charge < -0.3 is 9.47 Å². The van der Waals surface area contributed by atoms with Crippen molar-refractivity contribution in [3.63, 3.8) is 0 Å². The SMILES string of the molecule is COc1cccc(NS(=O)(=O)c2ccc(OC)c3ccccc23)c1. The molecule has 0 bridgehead atoms. The van der Waals surface area contributed by atoms with Gasteiger partial charge in [0.1, 0.15) is 11.5 Å². The summed E-state index contributed by atoms with van der Waals surface area (Å²) >= 11 is 0. The number of hydrogen-bond acceptors (Lipinski definition) is 4. The summed E-state index contributed by atoms with van der Waals surface area (Å²) in [6.45, 7) is 0. The van der Waals surface area contributed by atoms with Crippen molar-refractivity contribution < 1.29 is 17.9 Å². The first-order chi connectivity index (χ1) is 11.5. The van der Waals surface area contributed by atoms with Crippen molar-refractivity contribution in [3.05, 3.63) is 60.7 Å². The third-order valence-corrected chi connectivity index (χ3v) is 5.11. The van der Waals surface area contributed by atoms with Crippen LogP contribution in [0.15, 0.2) is 65.6 Å². The first kappa shape index (κ1) is 16.1. The Balaban J connectivity index is 2.08. The van der Waals surface area contributed by atoms with Gasteiger partial charge in [0.05, 0.1) is 24.8 Å². The quantitative estimate of drug-likeness (QED) is 0.768. The predicted octanol–water partition coefficient (Wildman–Crippen LogP) is 3.66. The summed E-state index contributed by atoms with van der Waals surface area (Å²) in [7, 11) is -0.659. The van der Waals surface area contributed by atoms with Gasteiger partial charge in [-0.2, -0.15) is 0 Å². The van der Waals surface area contributed by atoms with Crippen molar-refractivity contribution in [2.24, 2.45) is 0 Å². The third kappa shape index (κ3) is 3.00. The zero-order valence-electron chi connectivity index (χ0n) is 13.3. The van der Waals surface area contributed by atoms with Crippen molar-refractivity contribution in [2.75, 3.05) is 18.9 Å². The molecular weight excluding hydrogens is 326 g/mol. The Morgan fingerprint density at radius 3 is 2.29 bits per heavy atom. The lowest BCUT2D eigenvalue weighted by Crippen LogP contribution is -2.13. The van der Waals surface area contributed by atoms with Crippen molar-refractivity contribution in [1.82, 2.24) is 0 Å². The molecule has 0 fully saturated rings. The number of ether oxygens (including phenoxy) is 2. The monoisotopic (exact) mass is 343 g/mol. The zero-order valence-corrected chi connectivity index (χ0v) is 14.1. The standard InChI is InChI=1S/C18H17NO4S/c1-22-14-7-5-6-13(12-14)19-24(20,21)18-11-10-17(23-2)15-8-3-4-9-16(15)18/h3-12,19H,1-2H3. The van der Waals surface area contributed by atoms with E-state index in [4.69, 9.17) is 9.47 Å². The van der Waals surface area contributed by atoms with Gasteiger partial charge in [0.15, 0.2) is 0 Å². The van der Waals surface area contributed by atoms with Crippen LogP contribution in [-0.4, -0.2) is 22.6 Å². The number of anilines is 1. The Hall–Kier alpha value is -2.73. The van der Waals surface area contributed by atoms with Crippen LogP contribution in [0, 0.1) is 0 Å². The number of benzene rings is 3. The van der Waals surface area contributed by atoms with Crippen LogP contribution in [0.5, 0.6) is 11.5 Å². The fraction of sp³-hybridized carbons (Fsp3) is 0.111. The van der Waals surface area contributed by atoms with E-state index in [1.807, 2.05) is 12.1 Å². The Morgan fingerprint density at radius 2 is 1.58 bits per heavy atom. The number of fused-ring (bicyclic) bond motifs is 1. The second-order valence-corrected chi connectivity index (χ2v) is 6.80. The van der Waals surface area contributed by atoms with Crippen LogP contribution in [0.1, 0.15) is 0 Å². The van der Waals surface area contributed by atoms with E-state index >= 15 is 0 Å². The summed E-state index contributed by atoms with van der Waals surface area (Å²) in [6, 6.07) is 17.2. The maximum Gasteiger partial charge on any atom is 0.262 e. The van der Waals surface area contributed by atoms with Gasteiger partial charge in [-0.25, -0.2) is 8.42 Å². The predicted molar refractivity (Wildman–Crippen MR) is 94.3 cm³/mol. The van der Waals surface area contributed by atoms with E-state index in [-0.39, 0.29) is 4.90 Å². The summed E-state index contributed by atoms with van der Waals surface area (Å²) in [6.07, 6.45) is 0. The highest BCUT2D eigenvalue weighted by molar-refractivity contribution is 7.93. The van der Waals surface area contributed by atoms with Crippen LogP contribution in [-0.2, 0) is 10.0 Å². The minimum atomic E-state index is -3.75. The van der Waals surface area contributed by atoms with Crippen molar-refractivity contribution in [2.45, 2.75) is 4.90 Å². The largest absolute Gasteiger partial charge is 0.497 e. The van der Waals surface area contributed by atoms with Crippen molar-refractivity contribution in [3.8, 4) is 11.5 Å². The van der Waals surface area contributed by atoms with Crippen LogP contribution in [0.3, 0.4) is 0 Å². The summed E-state index contributed by atoms with van der Waals surface area (Å²) in [4.78, 5) is 0.196. The van der Waals surface area contributed by atoms with E-state index in [2.05, 4.69) is 4.72 Å². The lowest BCUT2D eigenvalue weighted by molar-refractivity contribution is 0.415. The molecule has 3 rings (SSSR count). The molecule has 0 unspecified atom stereocenters. The molecule has 0 saturated heterocycles. The maximum atomic E-state index is 12.8. The third-order valence-electron chi connectivity index (χ3n) is 3.68. The van der Waals surface area contributed by atoms with Crippen LogP contribution in [0.25, 0.3) is 10.8 Å². The van der Waals surface area contributed by atoms with Gasteiger partial charge in [-0.15, -0.1) is 0 Å². The van der Waals surface area contributed by atoms with Gasteiger partial charge >= 0.3 is 0 Å². The fourth-order valence-corrected chi connectivity index (χ4v) is 3.81. The smallest absolute Gasteiger partial charge is 0.262 e. The molecule has 0 aliphatic heterocycles. The fourth-order valence-electron chi connectivity index (χ4n) is 2.55. The molecule has 0 aliphatic rings. The highest BCUT2D eigenvalue weighted by Crippen LogP contribution is 2.32. The average Bonchev–Trinajstić information content (AvgIpc) is 2.60. The number of sulfonamides is 1. The molecule has 1 N–H and O–H groups in total. The Bertz CT molecular complexity index is 983. The maximum absolute atomic E-state index is 12.8. The van der Waals surface area contributed by atoms with Gasteiger partial charge in [-0.05, 0) is 24.3 Å². The first-order valence-corrected chi connectivity index (χ1v) is 8.76. The molecule has 0 heterocycles. The van der Waals surface area contributed by atoms with Gasteiger partial charge in [0, 0.05) is 16.8 Å². The second-order valence-electron chi connectivity index (χ2n) is 5.15. The zero-order chi connectivity index (χ0) is 17.2. The molecule has 24 heavy (non-hydrogen) atoms. The molecule has 0 spiro atoms. The van der Waals surface area contributed by atoms with Crippen LogP contribution >= 0.6 is 0 Å². The van der Waals surface area contributed by atoms with Gasteiger partial charge in [0.25, 0.3) is 10.0 Å². The number of methoxy groups -OCH3 is 2. The molecule has 3 aromatic rings. The van der Waals surface area contributed by atoms with Gasteiger partial charge in [-0.3, -0.25) is 4.72 Å². The lowest BCUT2D eigenvalue weighted by atomic mass is 10.1. The van der Waals surface area contributed by atoms with E-state index in [0.717, 1.165) is 5.39 Å². The molecule has 0 atom stereocenters. The van der Waals surface area contributed by atoms with Crippen LogP contribution < -0.4 is 14.2 Å². The minimum absolute atomic E-state index is 0.196. The summed E-state index contributed by atoms with van der Waals surface area (Å²) < 4.78 is 38.7. The molecule has 5 nitrogen and oxygen atoms in total. The Morgan fingerprint density at radius 1 is 0.833 bits per heavy atom. The average molecular weight is 343 g/mol. The van der Waals surface area contributed by atoms with E-state index < -0.39 is 10.0 Å². The highest BCUT2D eigenvalue weighted by atomic mass is 32.2. The lowest BCUT2D eigenvalue weighted by Gasteiger charge is -2.13. The molecule has 3 aromatic carbocycles. The van der Waals surface area contributed by atoms with Crippen molar-refractivity contribution >= 4 is 26.5 Å². The number of rotatable bonds is 5. The van der Waals surface area contributed by atoms with Crippen LogP contribution in [0.2, 0.25) is 0 Å². The van der Waals surface area contributed by atoms with E-state index in [0.29, 0.717) is 22.6 Å². The van der Waals surface area contributed by atoms with Gasteiger partial charge in [-0.1, -0.05) is 30.3 Å². The first-order valence-electron chi connectivity index (χ1n) is 7.28. The Kier molecular flexibility index (Phi) is 4.31. The van der Waals surface area contributed by atoms with Crippen LogP contribution in [0.4, 0.5) is 5.69 Å². The molecule has 124 valence electrons. The molecular formula is C18H17NO4S. The summed E-state index contributed by atoms with van der Waals surface area (Å²) in [5, 5.41) is 1.35. The minimum Gasteiger partial charge on any atom is -0.497 e. The van der Waals surface area contributed by atoms with E-state index in [1.54, 1.807) is 55.6 Å². The number of nitrogens with one attached hydrogen (secondary N) is 1. The van der Waals surface area contributed by atoms with E-state index in [1.165, 1.54) is 7.11 Å².